The summed E-state index contributed by atoms with van der Waals surface area (Å²) in [4.78, 5) is 20.9. The maximum absolute atomic E-state index is 10.9. The molecule has 0 bridgehead atoms. The second kappa shape index (κ2) is 4.62. The number of halogens is 1. The van der Waals surface area contributed by atoms with Gasteiger partial charge in [0.05, 0.1) is 6.42 Å². The van der Waals surface area contributed by atoms with Gasteiger partial charge in [-0.15, -0.1) is 0 Å². The summed E-state index contributed by atoms with van der Waals surface area (Å²) in [5, 5.41) is 2.63. The number of carbonyl (C=O) groups excluding carboxylic acids is 2. The van der Waals surface area contributed by atoms with Crippen molar-refractivity contribution in [1.82, 2.24) is 5.32 Å². The minimum Gasteiger partial charge on any atom is -0.299 e. The maximum atomic E-state index is 10.9. The molecule has 1 N–H and O–H groups in total. The van der Waals surface area contributed by atoms with Crippen LogP contribution in [0.15, 0.2) is 24.3 Å². The van der Waals surface area contributed by atoms with E-state index in [9.17, 15) is 9.59 Å². The van der Waals surface area contributed by atoms with Crippen molar-refractivity contribution in [2.24, 2.45) is 0 Å². The highest BCUT2D eigenvalue weighted by Gasteiger charge is 2.01. The number of rotatable bonds is 3. The van der Waals surface area contributed by atoms with Crippen molar-refractivity contribution >= 4 is 23.9 Å². The van der Waals surface area contributed by atoms with E-state index in [1.165, 1.54) is 0 Å². The molecule has 0 saturated carbocycles. The number of nitrogens with one attached hydrogen (secondary N) is 1. The van der Waals surface area contributed by atoms with Gasteiger partial charge in [0.1, 0.15) is 0 Å². The molecule has 0 aliphatic heterocycles. The molecular formula is C9H8ClNO2. The molecule has 0 unspecified atom stereocenters. The average Bonchev–Trinajstić information content (AvgIpc) is 2.04. The Hall–Kier alpha value is -1.35. The number of imide groups is 1. The van der Waals surface area contributed by atoms with Crippen LogP contribution in [0, 0.1) is 0 Å². The predicted octanol–water partition coefficient (Wildman–Crippen LogP) is 1.16. The van der Waals surface area contributed by atoms with Gasteiger partial charge in [-0.2, -0.15) is 0 Å². The number of benzene rings is 1. The van der Waals surface area contributed by atoms with Crippen LogP contribution in [0.3, 0.4) is 0 Å². The first-order valence-electron chi connectivity index (χ1n) is 3.70. The van der Waals surface area contributed by atoms with Crippen molar-refractivity contribution in [1.29, 1.82) is 0 Å². The molecule has 0 aliphatic carbocycles. The van der Waals surface area contributed by atoms with Gasteiger partial charge >= 0.3 is 0 Å². The molecular weight excluding hydrogens is 190 g/mol. The minimum atomic E-state index is -0.336. The van der Waals surface area contributed by atoms with Crippen LogP contribution in [0.25, 0.3) is 0 Å². The summed E-state index contributed by atoms with van der Waals surface area (Å²) in [5.41, 5.74) is 0.784. The number of carbonyl (C=O) groups is 2. The lowest BCUT2D eigenvalue weighted by Crippen LogP contribution is -2.22. The first-order valence-corrected chi connectivity index (χ1v) is 4.07. The van der Waals surface area contributed by atoms with E-state index in [4.69, 9.17) is 11.6 Å². The molecule has 0 atom stereocenters. The van der Waals surface area contributed by atoms with Gasteiger partial charge in [-0.3, -0.25) is 14.9 Å². The van der Waals surface area contributed by atoms with E-state index in [0.29, 0.717) is 11.4 Å². The van der Waals surface area contributed by atoms with Gasteiger partial charge in [0.25, 0.3) is 0 Å². The van der Waals surface area contributed by atoms with Crippen LogP contribution in [-0.4, -0.2) is 12.3 Å². The van der Waals surface area contributed by atoms with E-state index < -0.39 is 0 Å². The van der Waals surface area contributed by atoms with Gasteiger partial charge < -0.3 is 0 Å². The summed E-state index contributed by atoms with van der Waals surface area (Å²) in [6.07, 6.45) is 0.534. The molecule has 2 amide bonds. The number of amides is 2. The lowest BCUT2D eigenvalue weighted by molar-refractivity contribution is -0.124. The van der Waals surface area contributed by atoms with Crippen molar-refractivity contribution in [3.8, 4) is 0 Å². The van der Waals surface area contributed by atoms with Crippen molar-refractivity contribution in [2.45, 2.75) is 6.42 Å². The Labute approximate surface area is 80.7 Å². The van der Waals surface area contributed by atoms with Crippen LogP contribution in [0.4, 0.5) is 0 Å². The fourth-order valence-electron chi connectivity index (χ4n) is 0.949. The molecule has 0 spiro atoms. The van der Waals surface area contributed by atoms with Crippen LogP contribution >= 0.6 is 11.6 Å². The van der Waals surface area contributed by atoms with E-state index in [0.717, 1.165) is 5.56 Å². The number of hydrogen-bond donors (Lipinski definition) is 1. The summed E-state index contributed by atoms with van der Waals surface area (Å²) in [6, 6.07) is 6.94. The molecule has 0 fully saturated rings. The van der Waals surface area contributed by atoms with Crippen LogP contribution in [-0.2, 0) is 16.0 Å². The molecule has 1 rings (SSSR count). The van der Waals surface area contributed by atoms with E-state index in [-0.39, 0.29) is 12.3 Å². The maximum Gasteiger partial charge on any atom is 0.230 e. The molecule has 0 aliphatic rings. The number of hydrogen-bond acceptors (Lipinski definition) is 2. The van der Waals surface area contributed by atoms with Crippen LogP contribution in [0.5, 0.6) is 0 Å². The summed E-state index contributed by atoms with van der Waals surface area (Å²) < 4.78 is 0. The smallest absolute Gasteiger partial charge is 0.230 e. The largest absolute Gasteiger partial charge is 0.299 e. The second-order valence-electron chi connectivity index (χ2n) is 2.49. The molecule has 0 radical (unpaired) electrons. The Kier molecular flexibility index (Phi) is 3.46. The molecule has 1 aromatic rings. The third kappa shape index (κ3) is 3.25. The Morgan fingerprint density at radius 2 is 2.31 bits per heavy atom. The van der Waals surface area contributed by atoms with Crippen molar-refractivity contribution in [3.63, 3.8) is 0 Å². The van der Waals surface area contributed by atoms with Crippen LogP contribution in [0.2, 0.25) is 5.02 Å². The standard InChI is InChI=1S/C9H8ClNO2/c10-8-3-1-2-7(4-8)5-9(13)11-6-12/h1-4,6H,5H2,(H,11,12,13). The Morgan fingerprint density at radius 3 is 2.92 bits per heavy atom. The van der Waals surface area contributed by atoms with E-state index in [2.05, 4.69) is 5.32 Å². The molecule has 13 heavy (non-hydrogen) atoms. The van der Waals surface area contributed by atoms with E-state index in [1.54, 1.807) is 24.3 Å². The predicted molar refractivity (Wildman–Crippen MR) is 49.4 cm³/mol. The van der Waals surface area contributed by atoms with Gasteiger partial charge in [0, 0.05) is 5.02 Å². The highest BCUT2D eigenvalue weighted by molar-refractivity contribution is 6.30. The highest BCUT2D eigenvalue weighted by Crippen LogP contribution is 2.10. The second-order valence-corrected chi connectivity index (χ2v) is 2.93. The summed E-state index contributed by atoms with van der Waals surface area (Å²) in [7, 11) is 0. The normalized spacial score (nSPS) is 9.31. The van der Waals surface area contributed by atoms with Gasteiger partial charge in [-0.1, -0.05) is 23.7 Å². The van der Waals surface area contributed by atoms with Gasteiger partial charge in [-0.25, -0.2) is 0 Å². The van der Waals surface area contributed by atoms with Gasteiger partial charge in [0.2, 0.25) is 12.3 Å². The summed E-state index contributed by atoms with van der Waals surface area (Å²) >= 11 is 5.70. The molecule has 4 heteroatoms. The lowest BCUT2D eigenvalue weighted by atomic mass is 10.1. The van der Waals surface area contributed by atoms with Crippen molar-refractivity contribution < 1.29 is 9.59 Å². The molecule has 1 aromatic carbocycles. The molecule has 0 aromatic heterocycles. The quantitative estimate of drug-likeness (QED) is 0.739. The molecule has 68 valence electrons. The van der Waals surface area contributed by atoms with Crippen LogP contribution in [0.1, 0.15) is 5.56 Å². The third-order valence-electron chi connectivity index (χ3n) is 1.47. The topological polar surface area (TPSA) is 46.2 Å². The van der Waals surface area contributed by atoms with Crippen LogP contribution < -0.4 is 5.32 Å². The van der Waals surface area contributed by atoms with Gasteiger partial charge in [-0.05, 0) is 17.7 Å². The Balaban J connectivity index is 2.63. The van der Waals surface area contributed by atoms with Crippen molar-refractivity contribution in [2.75, 3.05) is 0 Å². The summed E-state index contributed by atoms with van der Waals surface area (Å²) in [6.45, 7) is 0. The Bertz CT molecular complexity index is 325. The van der Waals surface area contributed by atoms with Gasteiger partial charge in [0.15, 0.2) is 0 Å². The van der Waals surface area contributed by atoms with E-state index >= 15 is 0 Å². The summed E-state index contributed by atoms with van der Waals surface area (Å²) in [5.74, 6) is -0.336. The first-order chi connectivity index (χ1) is 6.22. The zero-order valence-electron chi connectivity index (χ0n) is 6.79. The third-order valence-corrected chi connectivity index (χ3v) is 1.71. The van der Waals surface area contributed by atoms with E-state index in [1.807, 2.05) is 0 Å². The van der Waals surface area contributed by atoms with Crippen molar-refractivity contribution in [3.05, 3.63) is 34.9 Å². The zero-order valence-corrected chi connectivity index (χ0v) is 7.54. The average molecular weight is 198 g/mol. The SMILES string of the molecule is O=CNC(=O)Cc1cccc(Cl)c1. The zero-order chi connectivity index (χ0) is 9.68. The molecule has 0 saturated heterocycles. The fraction of sp³-hybridized carbons (Fsp3) is 0.111. The minimum absolute atomic E-state index is 0.166. The fourth-order valence-corrected chi connectivity index (χ4v) is 1.16. The highest BCUT2D eigenvalue weighted by atomic mass is 35.5. The lowest BCUT2D eigenvalue weighted by Gasteiger charge is -1.99. The molecule has 3 nitrogen and oxygen atoms in total. The Morgan fingerprint density at radius 1 is 1.54 bits per heavy atom. The molecule has 0 heterocycles. The first kappa shape index (κ1) is 9.74. The monoisotopic (exact) mass is 197 g/mol.